The topological polar surface area (TPSA) is 38.3 Å². The zero-order valence-corrected chi connectivity index (χ0v) is 13.4. The van der Waals surface area contributed by atoms with E-state index in [-0.39, 0.29) is 6.10 Å². The van der Waals surface area contributed by atoms with Gasteiger partial charge in [0, 0.05) is 0 Å². The molecule has 2 rings (SSSR count). The maximum absolute atomic E-state index is 10.1. The molecule has 118 valence electrons. The number of aliphatic hydroxyl groups excluding tert-OH is 1. The summed E-state index contributed by atoms with van der Waals surface area (Å²) in [5.74, 6) is 0.853. The van der Waals surface area contributed by atoms with Gasteiger partial charge < -0.3 is 19.6 Å². The molecule has 0 aliphatic carbocycles. The third-order valence-electron chi connectivity index (χ3n) is 4.24. The van der Waals surface area contributed by atoms with E-state index in [0.717, 1.165) is 38.2 Å². The number of hydrogen-bond donors (Lipinski definition) is 3. The van der Waals surface area contributed by atoms with Crippen LogP contribution >= 0.6 is 0 Å². The Hall–Kier alpha value is -1.10. The molecular weight excluding hydrogens is 264 g/mol. The number of quaternary nitrogens is 2. The van der Waals surface area contributed by atoms with Crippen LogP contribution in [-0.2, 0) is 6.42 Å². The first-order valence-electron chi connectivity index (χ1n) is 8.22. The second-order valence-corrected chi connectivity index (χ2v) is 6.27. The lowest BCUT2D eigenvalue weighted by molar-refractivity contribution is -1.00. The SMILES string of the molecule is CCCc1ccc(OC[C@H](O)C[NH+]2CC[NH+](C)CC2)cc1. The fourth-order valence-corrected chi connectivity index (χ4v) is 2.86. The lowest BCUT2D eigenvalue weighted by Crippen LogP contribution is -3.27. The Morgan fingerprint density at radius 1 is 1.14 bits per heavy atom. The highest BCUT2D eigenvalue weighted by atomic mass is 16.5. The van der Waals surface area contributed by atoms with Crippen molar-refractivity contribution < 1.29 is 19.6 Å². The van der Waals surface area contributed by atoms with Crippen molar-refractivity contribution in [1.29, 1.82) is 0 Å². The summed E-state index contributed by atoms with van der Waals surface area (Å²) in [7, 11) is 2.23. The molecule has 0 spiro atoms. The van der Waals surface area contributed by atoms with Crippen molar-refractivity contribution >= 4 is 0 Å². The fourth-order valence-electron chi connectivity index (χ4n) is 2.86. The lowest BCUT2D eigenvalue weighted by atomic mass is 10.1. The Balaban J connectivity index is 1.69. The summed E-state index contributed by atoms with van der Waals surface area (Å²) in [6.07, 6.45) is 1.89. The van der Waals surface area contributed by atoms with Gasteiger partial charge >= 0.3 is 0 Å². The van der Waals surface area contributed by atoms with Crippen LogP contribution in [0.4, 0.5) is 0 Å². The third-order valence-corrected chi connectivity index (χ3v) is 4.24. The number of aliphatic hydroxyl groups is 1. The van der Waals surface area contributed by atoms with Crippen LogP contribution < -0.4 is 14.5 Å². The van der Waals surface area contributed by atoms with E-state index in [9.17, 15) is 5.11 Å². The van der Waals surface area contributed by atoms with Gasteiger partial charge in [0.25, 0.3) is 0 Å². The molecule has 0 unspecified atom stereocenters. The highest BCUT2D eigenvalue weighted by Crippen LogP contribution is 2.13. The van der Waals surface area contributed by atoms with Crippen LogP contribution in [0.2, 0.25) is 0 Å². The molecule has 1 heterocycles. The largest absolute Gasteiger partial charge is 0.491 e. The van der Waals surface area contributed by atoms with E-state index in [1.807, 2.05) is 12.1 Å². The van der Waals surface area contributed by atoms with E-state index in [1.165, 1.54) is 23.6 Å². The zero-order chi connectivity index (χ0) is 15.1. The molecular formula is C17H30N2O2+2. The Labute approximate surface area is 128 Å². The molecule has 1 aromatic rings. The first-order valence-corrected chi connectivity index (χ1v) is 8.22. The van der Waals surface area contributed by atoms with Crippen LogP contribution in [0.3, 0.4) is 0 Å². The number of aryl methyl sites for hydroxylation is 1. The van der Waals surface area contributed by atoms with Gasteiger partial charge in [-0.05, 0) is 24.1 Å². The molecule has 0 bridgehead atoms. The molecule has 3 N–H and O–H groups in total. The monoisotopic (exact) mass is 294 g/mol. The average molecular weight is 294 g/mol. The van der Waals surface area contributed by atoms with E-state index < -0.39 is 0 Å². The molecule has 4 nitrogen and oxygen atoms in total. The summed E-state index contributed by atoms with van der Waals surface area (Å²) >= 11 is 0. The molecule has 21 heavy (non-hydrogen) atoms. The van der Waals surface area contributed by atoms with Crippen molar-refractivity contribution in [1.82, 2.24) is 0 Å². The van der Waals surface area contributed by atoms with Crippen molar-refractivity contribution in [3.05, 3.63) is 29.8 Å². The summed E-state index contributed by atoms with van der Waals surface area (Å²) in [5.41, 5.74) is 1.34. The molecule has 1 atom stereocenters. The molecule has 1 fully saturated rings. The van der Waals surface area contributed by atoms with Gasteiger partial charge in [0.15, 0.2) is 0 Å². The second kappa shape index (κ2) is 8.37. The third kappa shape index (κ3) is 5.65. The van der Waals surface area contributed by atoms with Crippen LogP contribution in [0.1, 0.15) is 18.9 Å². The number of piperazine rings is 1. The lowest BCUT2D eigenvalue weighted by Gasteiger charge is -2.28. The molecule has 0 saturated carbocycles. The van der Waals surface area contributed by atoms with E-state index in [1.54, 1.807) is 4.90 Å². The van der Waals surface area contributed by atoms with E-state index in [2.05, 4.69) is 26.1 Å². The zero-order valence-electron chi connectivity index (χ0n) is 13.4. The van der Waals surface area contributed by atoms with Gasteiger partial charge in [0.2, 0.25) is 0 Å². The number of ether oxygens (including phenoxy) is 1. The summed E-state index contributed by atoms with van der Waals surface area (Å²) in [6, 6.07) is 8.23. The van der Waals surface area contributed by atoms with Crippen molar-refractivity contribution in [3.63, 3.8) is 0 Å². The minimum Gasteiger partial charge on any atom is -0.491 e. The summed E-state index contributed by atoms with van der Waals surface area (Å²) in [5, 5.41) is 10.1. The standard InChI is InChI=1S/C17H28N2O2/c1-3-4-15-5-7-17(8-6-15)21-14-16(20)13-19-11-9-18(2)10-12-19/h5-8,16,20H,3-4,9-14H2,1-2H3/p+2/t16-/m1/s1. The van der Waals surface area contributed by atoms with Crippen LogP contribution in [0.15, 0.2) is 24.3 Å². The summed E-state index contributed by atoms with van der Waals surface area (Å²) in [6.45, 7) is 8.05. The van der Waals surface area contributed by atoms with Crippen molar-refractivity contribution in [2.45, 2.75) is 25.9 Å². The maximum atomic E-state index is 10.1. The smallest absolute Gasteiger partial charge is 0.137 e. The first-order chi connectivity index (χ1) is 10.2. The van der Waals surface area contributed by atoms with Gasteiger partial charge in [-0.15, -0.1) is 0 Å². The van der Waals surface area contributed by atoms with E-state index in [4.69, 9.17) is 4.74 Å². The van der Waals surface area contributed by atoms with Crippen LogP contribution in [-0.4, -0.2) is 57.6 Å². The Morgan fingerprint density at radius 2 is 1.81 bits per heavy atom. The van der Waals surface area contributed by atoms with E-state index >= 15 is 0 Å². The summed E-state index contributed by atoms with van der Waals surface area (Å²) < 4.78 is 5.70. The Bertz CT molecular complexity index is 400. The molecule has 0 aromatic heterocycles. The van der Waals surface area contributed by atoms with Crippen molar-refractivity contribution in [3.8, 4) is 5.75 Å². The van der Waals surface area contributed by atoms with E-state index in [0.29, 0.717) is 6.61 Å². The number of rotatable bonds is 7. The Kier molecular flexibility index (Phi) is 6.49. The highest BCUT2D eigenvalue weighted by Gasteiger charge is 2.22. The van der Waals surface area contributed by atoms with Gasteiger partial charge in [-0.3, -0.25) is 0 Å². The minimum atomic E-state index is -0.381. The average Bonchev–Trinajstić information content (AvgIpc) is 2.49. The van der Waals surface area contributed by atoms with Gasteiger partial charge in [-0.1, -0.05) is 25.5 Å². The highest BCUT2D eigenvalue weighted by molar-refractivity contribution is 5.27. The fraction of sp³-hybridized carbons (Fsp3) is 0.647. The molecule has 0 radical (unpaired) electrons. The van der Waals surface area contributed by atoms with Gasteiger partial charge in [0.1, 0.15) is 51.2 Å². The quantitative estimate of drug-likeness (QED) is 0.591. The molecule has 4 heteroatoms. The predicted molar refractivity (Wildman–Crippen MR) is 84.1 cm³/mol. The molecule has 0 amide bonds. The van der Waals surface area contributed by atoms with Crippen LogP contribution in [0.5, 0.6) is 5.75 Å². The molecule has 1 aliphatic heterocycles. The molecule has 1 saturated heterocycles. The molecule has 1 aliphatic rings. The number of likely N-dealkylation sites (N-methyl/N-ethyl adjacent to an activating group) is 1. The number of benzene rings is 1. The van der Waals surface area contributed by atoms with Crippen LogP contribution in [0, 0.1) is 0 Å². The van der Waals surface area contributed by atoms with Crippen LogP contribution in [0.25, 0.3) is 0 Å². The van der Waals surface area contributed by atoms with Gasteiger partial charge in [-0.25, -0.2) is 0 Å². The predicted octanol–water partition coefficient (Wildman–Crippen LogP) is -1.21. The minimum absolute atomic E-state index is 0.381. The van der Waals surface area contributed by atoms with Crippen molar-refractivity contribution in [2.24, 2.45) is 0 Å². The van der Waals surface area contributed by atoms with Crippen molar-refractivity contribution in [2.75, 3.05) is 46.4 Å². The Morgan fingerprint density at radius 3 is 2.43 bits per heavy atom. The first kappa shape index (κ1) is 16.3. The maximum Gasteiger partial charge on any atom is 0.137 e. The normalized spacial score (nSPS) is 23.8. The summed E-state index contributed by atoms with van der Waals surface area (Å²) in [4.78, 5) is 3.09. The molecule has 1 aromatic carbocycles. The number of nitrogens with one attached hydrogen (secondary N) is 2. The number of hydrogen-bond acceptors (Lipinski definition) is 2. The van der Waals surface area contributed by atoms with Gasteiger partial charge in [-0.2, -0.15) is 0 Å². The van der Waals surface area contributed by atoms with Gasteiger partial charge in [0.05, 0.1) is 7.05 Å². The second-order valence-electron chi connectivity index (χ2n) is 6.27.